The molecule has 0 saturated carbocycles. The second-order valence-corrected chi connectivity index (χ2v) is 5.07. The Hall–Kier alpha value is -2.85. The van der Waals surface area contributed by atoms with E-state index in [-0.39, 0.29) is 5.56 Å². The predicted octanol–water partition coefficient (Wildman–Crippen LogP) is 7.22. The highest BCUT2D eigenvalue weighted by Gasteiger charge is 2.11. The summed E-state index contributed by atoms with van der Waals surface area (Å²) in [5, 5.41) is 9.46. The Bertz CT molecular complexity index is 847. The van der Waals surface area contributed by atoms with Gasteiger partial charge in [0.05, 0.1) is 11.3 Å². The highest BCUT2D eigenvalue weighted by Crippen LogP contribution is 2.22. The smallest absolute Gasteiger partial charge is 0.337 e. The van der Waals surface area contributed by atoms with Crippen LogP contribution in [0.4, 0.5) is 0 Å². The number of pyridine rings is 1. The summed E-state index contributed by atoms with van der Waals surface area (Å²) in [6, 6.07) is 21.0. The van der Waals surface area contributed by atoms with E-state index < -0.39 is 5.97 Å². The lowest BCUT2D eigenvalue weighted by Gasteiger charge is -2.05. The van der Waals surface area contributed by atoms with Crippen LogP contribution < -0.4 is 0 Å². The molecule has 4 heteroatoms. The Kier molecular flexibility index (Phi) is 14.6. The number of carbonyl (C=O) groups is 1. The van der Waals surface area contributed by atoms with Crippen molar-refractivity contribution >= 4 is 30.8 Å². The zero-order valence-corrected chi connectivity index (χ0v) is 18.7. The molecule has 3 nitrogen and oxygen atoms in total. The summed E-state index contributed by atoms with van der Waals surface area (Å²) in [5.74, 6) is -0.983. The van der Waals surface area contributed by atoms with Crippen LogP contribution in [0.5, 0.6) is 0 Å². The van der Waals surface area contributed by atoms with Crippen molar-refractivity contribution in [3.8, 4) is 11.1 Å². The molecule has 3 rings (SSSR count). The number of carboxylic acid groups (broad SMARTS) is 1. The molecule has 0 aliphatic rings. The van der Waals surface area contributed by atoms with Crippen LogP contribution in [-0.4, -0.2) is 22.3 Å². The third-order valence-electron chi connectivity index (χ3n) is 3.49. The number of aromatic carboxylic acids is 1. The van der Waals surface area contributed by atoms with E-state index in [1.807, 2.05) is 94.4 Å². The second kappa shape index (κ2) is 16.1. The summed E-state index contributed by atoms with van der Waals surface area (Å²) >= 11 is 3.53. The van der Waals surface area contributed by atoms with Crippen LogP contribution in [0.3, 0.4) is 0 Å². The average molecular weight is 410 g/mol. The fourth-order valence-electron chi connectivity index (χ4n) is 2.31. The minimum absolute atomic E-state index is 0.193. The van der Waals surface area contributed by atoms with Crippen molar-refractivity contribution in [1.82, 2.24) is 4.98 Å². The third kappa shape index (κ3) is 8.79. The first-order valence-electron chi connectivity index (χ1n) is 9.70. The van der Waals surface area contributed by atoms with E-state index in [4.69, 9.17) is 0 Å². The van der Waals surface area contributed by atoms with Gasteiger partial charge in [-0.25, -0.2) is 4.79 Å². The minimum Gasteiger partial charge on any atom is -0.478 e. The number of benzene rings is 2. The minimum atomic E-state index is -0.983. The Morgan fingerprint density at radius 2 is 1.34 bits per heavy atom. The van der Waals surface area contributed by atoms with E-state index in [1.54, 1.807) is 24.6 Å². The van der Waals surface area contributed by atoms with Crippen LogP contribution in [0.25, 0.3) is 23.3 Å². The largest absolute Gasteiger partial charge is 0.478 e. The van der Waals surface area contributed by atoms with E-state index in [0.29, 0.717) is 5.69 Å². The summed E-state index contributed by atoms with van der Waals surface area (Å²) in [6.45, 7) is 8.00. The number of hydrogen-bond acceptors (Lipinski definition) is 3. The molecule has 29 heavy (non-hydrogen) atoms. The summed E-state index contributed by atoms with van der Waals surface area (Å²) in [4.78, 5) is 15.9. The van der Waals surface area contributed by atoms with Crippen molar-refractivity contribution in [2.75, 3.05) is 6.26 Å². The molecule has 0 atom stereocenters. The van der Waals surface area contributed by atoms with Crippen molar-refractivity contribution in [3.05, 3.63) is 89.7 Å². The van der Waals surface area contributed by atoms with Gasteiger partial charge in [-0.05, 0) is 29.5 Å². The number of rotatable bonds is 4. The summed E-state index contributed by atoms with van der Waals surface area (Å²) in [7, 11) is 0. The molecule has 0 aliphatic heterocycles. The normalized spacial score (nSPS) is 9.17. The molecule has 2 aromatic carbocycles. The standard InChI is InChI=1S/C20H15NO2.2C2H6.CH4S/c22-20(23)18-13-17(16-9-5-2-6-10-16)14-21-19(18)12-11-15-7-3-1-4-8-15;3*1-2/h1-14H,(H,22,23);2*1-2H3;2H,1H3/b12-11+;;;. The van der Waals surface area contributed by atoms with E-state index >= 15 is 0 Å². The molecular weight excluding hydrogens is 378 g/mol. The maximum Gasteiger partial charge on any atom is 0.337 e. The van der Waals surface area contributed by atoms with E-state index in [2.05, 4.69) is 17.6 Å². The quantitative estimate of drug-likeness (QED) is 0.447. The molecule has 0 unspecified atom stereocenters. The molecule has 1 heterocycles. The summed E-state index contributed by atoms with van der Waals surface area (Å²) < 4.78 is 0. The maximum absolute atomic E-state index is 11.5. The number of nitrogens with zero attached hydrogens (tertiary/aromatic N) is 1. The molecule has 0 fully saturated rings. The Morgan fingerprint density at radius 1 is 0.828 bits per heavy atom. The van der Waals surface area contributed by atoms with Crippen LogP contribution in [0, 0.1) is 0 Å². The van der Waals surface area contributed by atoms with Crippen molar-refractivity contribution in [2.45, 2.75) is 27.7 Å². The van der Waals surface area contributed by atoms with E-state index in [0.717, 1.165) is 16.7 Å². The van der Waals surface area contributed by atoms with Gasteiger partial charge in [-0.3, -0.25) is 4.98 Å². The van der Waals surface area contributed by atoms with Gasteiger partial charge in [0.25, 0.3) is 0 Å². The maximum atomic E-state index is 11.5. The molecule has 0 aliphatic carbocycles. The second-order valence-electron chi connectivity index (χ2n) is 5.07. The van der Waals surface area contributed by atoms with Crippen molar-refractivity contribution < 1.29 is 9.90 Å². The van der Waals surface area contributed by atoms with Crippen LogP contribution >= 0.6 is 12.6 Å². The van der Waals surface area contributed by atoms with Crippen LogP contribution in [0.1, 0.15) is 49.3 Å². The first kappa shape index (κ1) is 26.1. The fraction of sp³-hybridized carbons (Fsp3) is 0.200. The zero-order chi connectivity index (χ0) is 22.1. The first-order valence-corrected chi connectivity index (χ1v) is 10.6. The summed E-state index contributed by atoms with van der Waals surface area (Å²) in [6.07, 6.45) is 6.98. The molecule has 1 N–H and O–H groups in total. The highest BCUT2D eigenvalue weighted by molar-refractivity contribution is 7.79. The van der Waals surface area contributed by atoms with Crippen molar-refractivity contribution in [1.29, 1.82) is 0 Å². The molecule has 0 saturated heterocycles. The first-order chi connectivity index (χ1) is 14.2. The topological polar surface area (TPSA) is 50.2 Å². The summed E-state index contributed by atoms with van der Waals surface area (Å²) in [5.41, 5.74) is 3.37. The number of aromatic nitrogens is 1. The predicted molar refractivity (Wildman–Crippen MR) is 130 cm³/mol. The molecule has 154 valence electrons. The lowest BCUT2D eigenvalue weighted by molar-refractivity contribution is 0.0696. The SMILES string of the molecule is CC.CC.CS.O=C(O)c1cc(-c2ccccc2)cnc1/C=C/c1ccccc1. The van der Waals surface area contributed by atoms with E-state index in [9.17, 15) is 9.90 Å². The Morgan fingerprint density at radius 3 is 1.86 bits per heavy atom. The third-order valence-corrected chi connectivity index (χ3v) is 3.49. The van der Waals surface area contributed by atoms with Crippen LogP contribution in [0.15, 0.2) is 72.9 Å². The van der Waals surface area contributed by atoms with Crippen molar-refractivity contribution in [3.63, 3.8) is 0 Å². The molecule has 3 aromatic rings. The van der Waals surface area contributed by atoms with Crippen LogP contribution in [0.2, 0.25) is 0 Å². The van der Waals surface area contributed by atoms with Gasteiger partial charge in [0.15, 0.2) is 0 Å². The lowest BCUT2D eigenvalue weighted by Crippen LogP contribution is -2.02. The zero-order valence-electron chi connectivity index (χ0n) is 17.8. The van der Waals surface area contributed by atoms with Gasteiger partial charge >= 0.3 is 5.97 Å². The number of thiol groups is 1. The van der Waals surface area contributed by atoms with Gasteiger partial charge in [0, 0.05) is 11.8 Å². The highest BCUT2D eigenvalue weighted by atomic mass is 32.1. The van der Waals surface area contributed by atoms with Gasteiger partial charge in [0.2, 0.25) is 0 Å². The number of hydrogen-bond donors (Lipinski definition) is 2. The molecular formula is C25H31NO2S. The van der Waals surface area contributed by atoms with Crippen molar-refractivity contribution in [2.24, 2.45) is 0 Å². The molecule has 1 aromatic heterocycles. The van der Waals surface area contributed by atoms with E-state index in [1.165, 1.54) is 0 Å². The van der Waals surface area contributed by atoms with Gasteiger partial charge < -0.3 is 5.11 Å². The monoisotopic (exact) mass is 409 g/mol. The van der Waals surface area contributed by atoms with Gasteiger partial charge in [-0.2, -0.15) is 12.6 Å². The van der Waals surface area contributed by atoms with Gasteiger partial charge in [-0.15, -0.1) is 0 Å². The van der Waals surface area contributed by atoms with Gasteiger partial charge in [0.1, 0.15) is 0 Å². The molecule has 0 bridgehead atoms. The van der Waals surface area contributed by atoms with Crippen LogP contribution in [-0.2, 0) is 0 Å². The molecule has 0 amide bonds. The average Bonchev–Trinajstić information content (AvgIpc) is 2.82. The van der Waals surface area contributed by atoms with Gasteiger partial charge in [-0.1, -0.05) is 94.4 Å². The Labute approximate surface area is 180 Å². The lowest BCUT2D eigenvalue weighted by atomic mass is 10.0. The number of carboxylic acids is 1. The molecule has 0 radical (unpaired) electrons. The fourth-order valence-corrected chi connectivity index (χ4v) is 2.31. The Balaban J connectivity index is 0.00000120. The molecule has 0 spiro atoms.